The van der Waals surface area contributed by atoms with E-state index in [1.54, 1.807) is 61.4 Å². The normalized spacial score (nSPS) is 13.8. The van der Waals surface area contributed by atoms with E-state index in [9.17, 15) is 45.9 Å². The van der Waals surface area contributed by atoms with Gasteiger partial charge in [-0.2, -0.15) is 0 Å². The van der Waals surface area contributed by atoms with Crippen LogP contribution in [0.5, 0.6) is 0 Å². The minimum absolute atomic E-state index is 0.0816. The summed E-state index contributed by atoms with van der Waals surface area (Å²) in [6, 6.07) is 46.9. The second-order valence-electron chi connectivity index (χ2n) is 35.6. The summed E-state index contributed by atoms with van der Waals surface area (Å²) in [5.74, 6) is 0. The summed E-state index contributed by atoms with van der Waals surface area (Å²) in [7, 11) is -1.76. The second-order valence-corrected chi connectivity index (χ2v) is 35.6. The Hall–Kier alpha value is -8.06. The third-order valence-corrected chi connectivity index (χ3v) is 21.7. The summed E-state index contributed by atoms with van der Waals surface area (Å²) >= 11 is 0. The van der Waals surface area contributed by atoms with Crippen molar-refractivity contribution >= 4 is 30.8 Å². The molecule has 0 saturated carbocycles. The van der Waals surface area contributed by atoms with Crippen molar-refractivity contribution in [3.8, 4) is 0 Å². The molecule has 0 spiro atoms. The summed E-state index contributed by atoms with van der Waals surface area (Å²) in [5.41, 5.74) is 9.26. The summed E-state index contributed by atoms with van der Waals surface area (Å²) in [6.07, 6.45) is 24.0. The average molecular weight is 1970 g/mol. The molecule has 0 bridgehead atoms. The molecule has 8 aromatic rings. The fourth-order valence-electron chi connectivity index (χ4n) is 12.7. The van der Waals surface area contributed by atoms with Crippen LogP contribution in [0.25, 0.3) is 0 Å². The van der Waals surface area contributed by atoms with E-state index in [0.29, 0.717) is 163 Å². The van der Waals surface area contributed by atoms with E-state index >= 15 is 0 Å². The maximum atomic E-state index is 10.5. The van der Waals surface area contributed by atoms with Gasteiger partial charge in [-0.25, -0.2) is 0 Å². The van der Waals surface area contributed by atoms with Gasteiger partial charge in [-0.3, -0.25) is 39.9 Å². The van der Waals surface area contributed by atoms with Gasteiger partial charge in [-0.05, 0) is 166 Å². The van der Waals surface area contributed by atoms with Crippen LogP contribution in [-0.4, -0.2) is 287 Å². The van der Waals surface area contributed by atoms with Gasteiger partial charge in [0, 0.05) is 200 Å². The number of aliphatic hydroxyl groups excluding tert-OH is 7. The number of nitro groups is 1. The van der Waals surface area contributed by atoms with Crippen molar-refractivity contribution in [1.82, 2.24) is 61.7 Å². The molecule has 1 aliphatic rings. The molecule has 15 N–H and O–H groups in total. The molecule has 0 aliphatic carbocycles. The number of pyridine rings is 5. The molecule has 3 aromatic carbocycles. The number of nitrogens with zero attached hydrogens (tertiary/aromatic N) is 7. The number of aromatic nitrogens is 5. The molecule has 0 radical (unpaired) electrons. The van der Waals surface area contributed by atoms with Crippen LogP contribution < -0.4 is 42.8 Å². The molecule has 788 valence electrons. The van der Waals surface area contributed by atoms with Gasteiger partial charge in [0.05, 0.1) is 122 Å². The molecule has 9 rings (SSSR count). The zero-order chi connectivity index (χ0) is 103. The number of unbranched alkanes of at least 4 members (excludes halogenated alkanes) is 7. The Bertz CT molecular complexity index is 3970. The molecular formula is C106H173B2N13O20. The van der Waals surface area contributed by atoms with Crippen LogP contribution in [0, 0.1) is 10.1 Å². The molecule has 5 aromatic heterocycles. The predicted molar refractivity (Wildman–Crippen MR) is 559 cm³/mol. The first-order chi connectivity index (χ1) is 68.3. The van der Waals surface area contributed by atoms with Crippen molar-refractivity contribution in [3.05, 3.63) is 250 Å². The largest absolute Gasteiger partial charge is 0.494 e. The topological polar surface area (TPSA) is 448 Å². The van der Waals surface area contributed by atoms with Crippen LogP contribution >= 0.6 is 0 Å². The van der Waals surface area contributed by atoms with Gasteiger partial charge in [0.2, 0.25) is 0 Å². The van der Waals surface area contributed by atoms with Crippen molar-refractivity contribution in [2.24, 2.45) is 0 Å². The number of rotatable bonds is 68. The van der Waals surface area contributed by atoms with E-state index in [1.807, 2.05) is 109 Å². The highest BCUT2D eigenvalue weighted by atomic mass is 16.7. The van der Waals surface area contributed by atoms with E-state index in [4.69, 9.17) is 52.5 Å². The zero-order valence-electron chi connectivity index (χ0n) is 86.2. The highest BCUT2D eigenvalue weighted by Gasteiger charge is 2.51. The van der Waals surface area contributed by atoms with E-state index in [1.165, 1.54) is 17.7 Å². The maximum absolute atomic E-state index is 10.5. The molecule has 33 nitrogen and oxygen atoms in total. The zero-order valence-corrected chi connectivity index (χ0v) is 86.2. The Morgan fingerprint density at radius 3 is 0.972 bits per heavy atom. The van der Waals surface area contributed by atoms with Crippen LogP contribution in [0.1, 0.15) is 211 Å². The van der Waals surface area contributed by atoms with Gasteiger partial charge >= 0.3 is 14.2 Å². The van der Waals surface area contributed by atoms with E-state index in [-0.39, 0.29) is 24.0 Å². The summed E-state index contributed by atoms with van der Waals surface area (Å²) in [5, 5.41) is 116. The minimum atomic E-state index is -1.43. The van der Waals surface area contributed by atoms with Gasteiger partial charge in [-0.1, -0.05) is 178 Å². The fourth-order valence-corrected chi connectivity index (χ4v) is 12.7. The number of ether oxygens (including phenoxy) is 7. The number of hydrogen-bond donors (Lipinski definition) is 15. The van der Waals surface area contributed by atoms with Gasteiger partial charge in [0.1, 0.15) is 0 Å². The van der Waals surface area contributed by atoms with Crippen LogP contribution in [0.2, 0.25) is 0 Å². The molecule has 7 atom stereocenters. The second kappa shape index (κ2) is 83.2. The van der Waals surface area contributed by atoms with Crippen molar-refractivity contribution in [2.45, 2.75) is 272 Å². The summed E-state index contributed by atoms with van der Waals surface area (Å²) in [6.45, 7) is 39.6. The van der Waals surface area contributed by atoms with Gasteiger partial charge in [0.25, 0.3) is 5.69 Å². The third kappa shape index (κ3) is 66.6. The lowest BCUT2D eigenvalue weighted by Gasteiger charge is -2.32. The Kier molecular flexibility index (Phi) is 75.0. The molecule has 35 heteroatoms. The Morgan fingerprint density at radius 2 is 0.667 bits per heavy atom. The SMILES string of the molecule is CCCCOCC(O)CN(Cc1ccccn1)Cc1ccccn1.CCCCOCC(O)CNCc1ccc(B(O)O)cc1.CCCCOCC(O)CNCc1ccc(B2OC(C)(C)C(C)(C)O2)cc1.CCCCOCC(O)CNCc1ccc([N+](=O)[O-])cc1.CCCCOCC(O)CNCc1ccccn1.CCCCOCC(O)CNCc1cccnc1.CCCCOCC(O)CNCc1ccncc1. The lowest BCUT2D eigenvalue weighted by atomic mass is 9.79. The predicted octanol–water partition coefficient (Wildman–Crippen LogP) is 10.5. The Morgan fingerprint density at radius 1 is 0.362 bits per heavy atom. The van der Waals surface area contributed by atoms with Crippen LogP contribution in [-0.2, 0) is 94.8 Å². The highest BCUT2D eigenvalue weighted by molar-refractivity contribution is 6.62. The quantitative estimate of drug-likeness (QED) is 0.00729. The molecule has 141 heavy (non-hydrogen) atoms. The van der Waals surface area contributed by atoms with Crippen molar-refractivity contribution in [3.63, 3.8) is 0 Å². The molecule has 0 amide bonds. The highest BCUT2D eigenvalue weighted by Crippen LogP contribution is 2.36. The lowest BCUT2D eigenvalue weighted by Crippen LogP contribution is -2.41. The van der Waals surface area contributed by atoms with Crippen molar-refractivity contribution < 1.29 is 93.2 Å². The standard InChI is InChI=1S/C20H34BNO4.C19H27N3O2.C14H24BNO4.C14H22N2O4.3C13H22N2O2/c1-6-7-12-24-15-18(23)14-22-13-16-8-10-17(11-9-16)21-25-19(2,3)20(4,5)26-21;1-2-3-12-24-16-19(23)15-22(13-17-8-4-6-10-20-17)14-18-9-5-7-11-21-18;1-2-3-8-20-11-14(17)10-16-9-12-4-6-13(7-5-12)15(18)19;1-2-3-8-20-11-14(17)10-15-9-12-4-6-13(7-5-12)16(18)19;1-2-3-8-17-11-13(16)10-15-9-12-4-6-14-7-5-12;1-2-3-8-17-11-13(16)10-14-9-12-6-4-5-7-15-12;1-2-3-7-17-11-13(16)10-15-9-12-5-4-6-14-8-12/h8-11,18,22-23H,6-7,12-15H2,1-5H3;4-11,19,23H,2-3,12-16H2,1H3;4-7,14,16-19H,2-3,8-11H2,1H3;4-7,14-15,17H,2-3,8-11H2,1H3;4-7,13,15-16H,2-3,8-11H2,1H3;4-7,13-14,16H,2-3,8-11H2,1H3;4-6,8,13,15-16H,2-3,7,9-11H2,1H3. The number of nitro benzene ring substituents is 1. The molecule has 7 unspecified atom stereocenters. The number of aliphatic hydroxyl groups is 7. The number of non-ortho nitro benzene ring substituents is 1. The van der Waals surface area contributed by atoms with Crippen LogP contribution in [0.15, 0.2) is 195 Å². The number of nitrogens with one attached hydrogen (secondary N) is 6. The fraction of sp³-hybridized carbons (Fsp3) is 0.594. The van der Waals surface area contributed by atoms with E-state index in [2.05, 4.69) is 150 Å². The van der Waals surface area contributed by atoms with Crippen LogP contribution in [0.3, 0.4) is 0 Å². The maximum Gasteiger partial charge on any atom is 0.494 e. The lowest BCUT2D eigenvalue weighted by molar-refractivity contribution is -0.384. The Labute approximate surface area is 842 Å². The van der Waals surface area contributed by atoms with Crippen LogP contribution in [0.4, 0.5) is 5.69 Å². The molecule has 1 aliphatic heterocycles. The third-order valence-electron chi connectivity index (χ3n) is 21.7. The van der Waals surface area contributed by atoms with Gasteiger partial charge < -0.3 is 120 Å². The number of benzene rings is 3. The summed E-state index contributed by atoms with van der Waals surface area (Å²) in [4.78, 5) is 33.2. The molecule has 1 fully saturated rings. The first-order valence-corrected chi connectivity index (χ1v) is 50.6. The van der Waals surface area contributed by atoms with Crippen molar-refractivity contribution in [1.29, 1.82) is 0 Å². The molecule has 6 heterocycles. The molecule has 1 saturated heterocycles. The van der Waals surface area contributed by atoms with Gasteiger partial charge in [-0.15, -0.1) is 0 Å². The molecular weight excluding hydrogens is 1800 g/mol. The summed E-state index contributed by atoms with van der Waals surface area (Å²) < 4.78 is 49.8. The average Bonchev–Trinajstić information content (AvgIpc) is 1.62. The van der Waals surface area contributed by atoms with Gasteiger partial charge in [0.15, 0.2) is 0 Å². The Balaban J connectivity index is 0.000000426. The van der Waals surface area contributed by atoms with E-state index in [0.717, 1.165) is 168 Å². The smallest absolute Gasteiger partial charge is 0.423 e. The first kappa shape index (κ1) is 127. The van der Waals surface area contributed by atoms with Crippen molar-refractivity contribution in [2.75, 3.05) is 138 Å². The minimum Gasteiger partial charge on any atom is -0.423 e. The first-order valence-electron chi connectivity index (χ1n) is 50.6. The number of hydrogen-bond acceptors (Lipinski definition) is 32. The monoisotopic (exact) mass is 1970 g/mol. The van der Waals surface area contributed by atoms with E-state index < -0.39 is 54.8 Å².